The van der Waals surface area contributed by atoms with Crippen molar-refractivity contribution in [1.29, 1.82) is 0 Å². The number of unbranched alkanes of at least 4 members (excludes halogenated alkanes) is 19. The molecule has 1 unspecified atom stereocenters. The van der Waals surface area contributed by atoms with E-state index in [-0.39, 0.29) is 37.5 Å². The topological polar surface area (TPSA) is 78.9 Å². The zero-order valence-electron chi connectivity index (χ0n) is 50.8. The van der Waals surface area contributed by atoms with Crippen molar-refractivity contribution in [3.63, 3.8) is 0 Å². The van der Waals surface area contributed by atoms with Gasteiger partial charge in [-0.25, -0.2) is 0 Å². The number of ether oxygens (including phenoxy) is 3. The van der Waals surface area contributed by atoms with E-state index in [0.717, 1.165) is 128 Å². The van der Waals surface area contributed by atoms with Gasteiger partial charge in [0.05, 0.1) is 0 Å². The molecule has 0 aliphatic carbocycles. The van der Waals surface area contributed by atoms with E-state index in [2.05, 4.69) is 173 Å². The first kappa shape index (κ1) is 74.0. The molecule has 0 fully saturated rings. The molecule has 0 aromatic carbocycles. The Morgan fingerprint density at radius 1 is 0.253 bits per heavy atom. The summed E-state index contributed by atoms with van der Waals surface area (Å²) in [5.74, 6) is -1.01. The number of carbonyl (C=O) groups is 3. The molecule has 0 spiro atoms. The van der Waals surface area contributed by atoms with Crippen LogP contribution in [0.25, 0.3) is 0 Å². The predicted octanol–water partition coefficient (Wildman–Crippen LogP) is 22.1. The average molecular weight is 1090 g/mol. The minimum atomic E-state index is -0.821. The standard InChI is InChI=1S/C73H116O6/c1-4-7-10-13-16-19-22-25-27-29-31-33-34-35-36-37-38-40-41-43-45-48-51-54-57-60-63-66-72(75)78-69-70(68-77-71(74)65-62-59-56-53-50-47-24-21-18-15-12-9-6-3)79-73(76)67-64-61-58-55-52-49-46-44-42-39-32-30-28-26-23-20-17-14-11-8-5-2/h7-12,16-21,25-28,31-33,35-36,39,47,50,56,59,70H,4-6,13-15,22-24,29-30,34,37-38,40-46,48-49,51-55,57-58,60-69H2,1-3H3/b10-7-,11-8-,12-9-,19-16-,20-17-,21-18-,27-25-,28-26-,33-31-,36-35-,39-32-,50-47-,59-56-. The molecule has 444 valence electrons. The highest BCUT2D eigenvalue weighted by Crippen LogP contribution is 2.15. The van der Waals surface area contributed by atoms with Crippen LogP contribution in [0.15, 0.2) is 158 Å². The Kier molecular flexibility index (Phi) is 61.4. The first-order chi connectivity index (χ1) is 39.0. The first-order valence-electron chi connectivity index (χ1n) is 32.0. The van der Waals surface area contributed by atoms with Crippen molar-refractivity contribution in [3.05, 3.63) is 158 Å². The molecule has 0 amide bonds. The minimum absolute atomic E-state index is 0.111. The smallest absolute Gasteiger partial charge is 0.306 e. The summed E-state index contributed by atoms with van der Waals surface area (Å²) < 4.78 is 16.8. The van der Waals surface area contributed by atoms with E-state index in [1.54, 1.807) is 0 Å². The van der Waals surface area contributed by atoms with Gasteiger partial charge in [0.25, 0.3) is 0 Å². The van der Waals surface area contributed by atoms with Crippen molar-refractivity contribution >= 4 is 17.9 Å². The molecule has 0 rings (SSSR count). The van der Waals surface area contributed by atoms with Crippen LogP contribution >= 0.6 is 0 Å². The van der Waals surface area contributed by atoms with Gasteiger partial charge < -0.3 is 14.2 Å². The van der Waals surface area contributed by atoms with E-state index in [0.29, 0.717) is 19.3 Å². The summed E-state index contributed by atoms with van der Waals surface area (Å²) in [7, 11) is 0. The molecule has 0 aromatic rings. The van der Waals surface area contributed by atoms with E-state index in [4.69, 9.17) is 14.2 Å². The molecule has 1 atom stereocenters. The molecule has 6 heteroatoms. The number of carbonyl (C=O) groups excluding carboxylic acids is 3. The fourth-order valence-corrected chi connectivity index (χ4v) is 8.36. The van der Waals surface area contributed by atoms with Crippen molar-refractivity contribution in [3.8, 4) is 0 Å². The monoisotopic (exact) mass is 1090 g/mol. The molecule has 0 saturated carbocycles. The van der Waals surface area contributed by atoms with Crippen LogP contribution in [-0.2, 0) is 28.6 Å². The van der Waals surface area contributed by atoms with Crippen LogP contribution in [0.1, 0.15) is 265 Å². The van der Waals surface area contributed by atoms with E-state index >= 15 is 0 Å². The summed E-state index contributed by atoms with van der Waals surface area (Å²) in [6.07, 6.45) is 95.5. The van der Waals surface area contributed by atoms with E-state index < -0.39 is 6.10 Å². The summed E-state index contributed by atoms with van der Waals surface area (Å²) in [5, 5.41) is 0. The molecule has 0 saturated heterocycles. The first-order valence-corrected chi connectivity index (χ1v) is 32.0. The second-order valence-electron chi connectivity index (χ2n) is 20.5. The van der Waals surface area contributed by atoms with Gasteiger partial charge in [0.1, 0.15) is 13.2 Å². The molecule has 0 aliphatic rings. The predicted molar refractivity (Wildman–Crippen MR) is 343 cm³/mol. The van der Waals surface area contributed by atoms with Gasteiger partial charge in [-0.1, -0.05) is 275 Å². The highest BCUT2D eigenvalue weighted by atomic mass is 16.6. The van der Waals surface area contributed by atoms with Crippen LogP contribution in [0, 0.1) is 0 Å². The van der Waals surface area contributed by atoms with Gasteiger partial charge in [0.2, 0.25) is 0 Å². The molecular formula is C73H116O6. The summed E-state index contributed by atoms with van der Waals surface area (Å²) in [6, 6.07) is 0. The number of hydrogen-bond acceptors (Lipinski definition) is 6. The third-order valence-electron chi connectivity index (χ3n) is 13.0. The SMILES string of the molecule is CC/C=C\C/C=C\C/C=C\C/C=C\C/C=C\CCCCCCCCCCCCCC(=O)OCC(COC(=O)CC/C=C\C/C=C\C/C=C\C/C=C\CC)OC(=O)CCCCCCCCCC/C=C\C/C=C\C/C=C\C/C=C\CC. The summed E-state index contributed by atoms with van der Waals surface area (Å²) >= 11 is 0. The van der Waals surface area contributed by atoms with Crippen LogP contribution < -0.4 is 0 Å². The maximum atomic E-state index is 12.9. The van der Waals surface area contributed by atoms with E-state index in [1.807, 2.05) is 6.08 Å². The molecule has 0 N–H and O–H groups in total. The van der Waals surface area contributed by atoms with Crippen molar-refractivity contribution in [2.24, 2.45) is 0 Å². The second-order valence-corrected chi connectivity index (χ2v) is 20.5. The molecule has 79 heavy (non-hydrogen) atoms. The minimum Gasteiger partial charge on any atom is -0.462 e. The summed E-state index contributed by atoms with van der Waals surface area (Å²) in [5.41, 5.74) is 0. The van der Waals surface area contributed by atoms with Gasteiger partial charge >= 0.3 is 17.9 Å². The van der Waals surface area contributed by atoms with Crippen molar-refractivity contribution in [2.45, 2.75) is 271 Å². The lowest BCUT2D eigenvalue weighted by atomic mass is 10.0. The Morgan fingerprint density at radius 3 is 0.785 bits per heavy atom. The van der Waals surface area contributed by atoms with E-state index in [9.17, 15) is 14.4 Å². The third kappa shape index (κ3) is 63.7. The van der Waals surface area contributed by atoms with Crippen molar-refractivity contribution in [2.75, 3.05) is 13.2 Å². The fraction of sp³-hybridized carbons (Fsp3) is 0.603. The van der Waals surface area contributed by atoms with Crippen LogP contribution in [0.2, 0.25) is 0 Å². The van der Waals surface area contributed by atoms with Crippen LogP contribution in [0.4, 0.5) is 0 Å². The zero-order chi connectivity index (χ0) is 57.1. The highest BCUT2D eigenvalue weighted by Gasteiger charge is 2.19. The average Bonchev–Trinajstić information content (AvgIpc) is 3.45. The second kappa shape index (κ2) is 65.5. The Morgan fingerprint density at radius 2 is 0.481 bits per heavy atom. The van der Waals surface area contributed by atoms with Gasteiger partial charge in [0.15, 0.2) is 6.10 Å². The van der Waals surface area contributed by atoms with Gasteiger partial charge in [0, 0.05) is 19.3 Å². The van der Waals surface area contributed by atoms with Gasteiger partial charge in [-0.3, -0.25) is 14.4 Å². The van der Waals surface area contributed by atoms with Gasteiger partial charge in [-0.2, -0.15) is 0 Å². The maximum Gasteiger partial charge on any atom is 0.306 e. The molecule has 0 heterocycles. The molecule has 0 aromatic heterocycles. The molecule has 6 nitrogen and oxygen atoms in total. The van der Waals surface area contributed by atoms with Gasteiger partial charge in [-0.05, 0) is 128 Å². The molecule has 0 aliphatic heterocycles. The van der Waals surface area contributed by atoms with Crippen molar-refractivity contribution < 1.29 is 28.6 Å². The fourth-order valence-electron chi connectivity index (χ4n) is 8.36. The normalized spacial score (nSPS) is 13.2. The van der Waals surface area contributed by atoms with Gasteiger partial charge in [-0.15, -0.1) is 0 Å². The van der Waals surface area contributed by atoms with E-state index in [1.165, 1.54) is 89.9 Å². The molecule has 0 bridgehead atoms. The number of hydrogen-bond donors (Lipinski definition) is 0. The zero-order valence-corrected chi connectivity index (χ0v) is 50.8. The quantitative estimate of drug-likeness (QED) is 0.0261. The van der Waals surface area contributed by atoms with Crippen LogP contribution in [0.3, 0.4) is 0 Å². The Balaban J connectivity index is 4.39. The third-order valence-corrected chi connectivity index (χ3v) is 13.0. The van der Waals surface area contributed by atoms with Crippen LogP contribution in [-0.4, -0.2) is 37.2 Å². The lowest BCUT2D eigenvalue weighted by Crippen LogP contribution is -2.30. The summed E-state index contributed by atoms with van der Waals surface area (Å²) in [6.45, 7) is 6.23. The molecular weight excluding hydrogens is 973 g/mol. The lowest BCUT2D eigenvalue weighted by molar-refractivity contribution is -0.166. The highest BCUT2D eigenvalue weighted by molar-refractivity contribution is 5.71. The Hall–Kier alpha value is -4.97. The van der Waals surface area contributed by atoms with Crippen LogP contribution in [0.5, 0.6) is 0 Å². The Bertz CT molecular complexity index is 1780. The number of allylic oxidation sites excluding steroid dienone is 26. The lowest BCUT2D eigenvalue weighted by Gasteiger charge is -2.18. The summed E-state index contributed by atoms with van der Waals surface area (Å²) in [4.78, 5) is 38.3. The maximum absolute atomic E-state index is 12.9. The van der Waals surface area contributed by atoms with Crippen molar-refractivity contribution in [1.82, 2.24) is 0 Å². The largest absolute Gasteiger partial charge is 0.462 e. The molecule has 0 radical (unpaired) electrons. The number of esters is 3. The number of rotatable bonds is 56. The Labute approximate surface area is 486 Å².